The largest absolute Gasteiger partial charge is 0.466 e. The highest BCUT2D eigenvalue weighted by Gasteiger charge is 2.79. The lowest BCUT2D eigenvalue weighted by atomic mass is 9.65. The summed E-state index contributed by atoms with van der Waals surface area (Å²) in [5.41, 5.74) is 0.659. The van der Waals surface area contributed by atoms with Gasteiger partial charge < -0.3 is 24.4 Å². The smallest absolute Gasteiger partial charge is 0.312 e. The topological polar surface area (TPSA) is 96.4 Å². The van der Waals surface area contributed by atoms with Crippen molar-refractivity contribution in [3.63, 3.8) is 0 Å². The first-order chi connectivity index (χ1) is 17.7. The summed E-state index contributed by atoms with van der Waals surface area (Å²) in [7, 11) is 0. The van der Waals surface area contributed by atoms with E-state index in [0.717, 1.165) is 16.8 Å². The van der Waals surface area contributed by atoms with E-state index in [1.807, 2.05) is 45.9 Å². The van der Waals surface area contributed by atoms with Crippen molar-refractivity contribution >= 4 is 23.5 Å². The number of aliphatic hydroxyl groups excluding tert-OH is 1. The fourth-order valence-corrected chi connectivity index (χ4v) is 6.93. The van der Waals surface area contributed by atoms with Gasteiger partial charge in [-0.3, -0.25) is 14.4 Å². The third kappa shape index (κ3) is 4.00. The summed E-state index contributed by atoms with van der Waals surface area (Å²) in [6, 6.07) is 4.36. The molecule has 3 aliphatic heterocycles. The molecule has 4 rings (SSSR count). The maximum Gasteiger partial charge on any atom is 0.312 e. The molecule has 37 heavy (non-hydrogen) atoms. The standard InChI is InChI=1S/C29H40N2O6/c1-7-15-30(21-16-18(5)11-12-19(21)6)26(34)24-29-14-13-28(9-3,37-29)23(27(35)36-10-4)22(29)25(33)31(24)20(8-2)17-32/h7,11-12,16,20,22-24,32H,1,8-10,13-15,17H2,2-6H3/t20-,22-,23+,24?,28-,29?/m0/s1. The first-order valence-electron chi connectivity index (χ1n) is 13.5. The molecular formula is C29H40N2O6. The second-order valence-corrected chi connectivity index (χ2v) is 10.6. The van der Waals surface area contributed by atoms with Crippen molar-refractivity contribution < 1.29 is 29.0 Å². The normalized spacial score (nSPS) is 30.8. The van der Waals surface area contributed by atoms with Crippen LogP contribution in [0.3, 0.4) is 0 Å². The first-order valence-corrected chi connectivity index (χ1v) is 13.5. The maximum absolute atomic E-state index is 14.6. The summed E-state index contributed by atoms with van der Waals surface area (Å²) < 4.78 is 12.2. The van der Waals surface area contributed by atoms with Crippen molar-refractivity contribution in [3.05, 3.63) is 42.0 Å². The fraction of sp³-hybridized carbons (Fsp3) is 0.621. The number of carbonyl (C=O) groups is 3. The number of amides is 2. The summed E-state index contributed by atoms with van der Waals surface area (Å²) in [4.78, 5) is 45.3. The van der Waals surface area contributed by atoms with E-state index in [1.165, 1.54) is 4.90 Å². The molecule has 0 aromatic heterocycles. The molecule has 3 heterocycles. The third-order valence-electron chi connectivity index (χ3n) is 8.70. The van der Waals surface area contributed by atoms with Gasteiger partial charge in [0.25, 0.3) is 5.91 Å². The number of esters is 1. The van der Waals surface area contributed by atoms with Gasteiger partial charge in [0.05, 0.1) is 30.8 Å². The zero-order valence-corrected chi connectivity index (χ0v) is 22.7. The molecule has 3 aliphatic rings. The molecule has 202 valence electrons. The van der Waals surface area contributed by atoms with Crippen LogP contribution in [0.25, 0.3) is 0 Å². The van der Waals surface area contributed by atoms with Gasteiger partial charge in [-0.1, -0.05) is 32.1 Å². The Bertz CT molecular complexity index is 1080. The molecule has 8 nitrogen and oxygen atoms in total. The molecule has 2 bridgehead atoms. The predicted molar refractivity (Wildman–Crippen MR) is 140 cm³/mol. The van der Waals surface area contributed by atoms with Crippen LogP contribution in [0.4, 0.5) is 5.69 Å². The van der Waals surface area contributed by atoms with E-state index in [4.69, 9.17) is 9.47 Å². The van der Waals surface area contributed by atoms with Crippen LogP contribution in [0.15, 0.2) is 30.9 Å². The lowest BCUT2D eigenvalue weighted by molar-refractivity contribution is -0.161. The minimum atomic E-state index is -1.17. The van der Waals surface area contributed by atoms with E-state index in [1.54, 1.807) is 17.9 Å². The number of aryl methyl sites for hydroxylation is 2. The number of fused-ring (bicyclic) bond motifs is 1. The predicted octanol–water partition coefficient (Wildman–Crippen LogP) is 3.31. The van der Waals surface area contributed by atoms with Gasteiger partial charge >= 0.3 is 5.97 Å². The number of benzene rings is 1. The number of nitrogens with zero attached hydrogens (tertiary/aromatic N) is 2. The summed E-state index contributed by atoms with van der Waals surface area (Å²) in [6.07, 6.45) is 3.71. The number of hydrogen-bond donors (Lipinski definition) is 1. The zero-order chi connectivity index (χ0) is 27.1. The average Bonchev–Trinajstić information content (AvgIpc) is 3.49. The van der Waals surface area contributed by atoms with Gasteiger partial charge in [0.15, 0.2) is 0 Å². The van der Waals surface area contributed by atoms with Gasteiger partial charge in [-0.25, -0.2) is 0 Å². The van der Waals surface area contributed by atoms with Crippen LogP contribution < -0.4 is 4.90 Å². The quantitative estimate of drug-likeness (QED) is 0.382. The Hall–Kier alpha value is -2.71. The number of carbonyl (C=O) groups excluding carboxylic acids is 3. The Balaban J connectivity index is 1.88. The van der Waals surface area contributed by atoms with Gasteiger partial charge in [-0.05, 0) is 63.6 Å². The summed E-state index contributed by atoms with van der Waals surface area (Å²) >= 11 is 0. The van der Waals surface area contributed by atoms with Crippen LogP contribution >= 0.6 is 0 Å². The third-order valence-corrected chi connectivity index (χ3v) is 8.70. The maximum atomic E-state index is 14.6. The van der Waals surface area contributed by atoms with Gasteiger partial charge in [0, 0.05) is 12.2 Å². The Labute approximate surface area is 219 Å². The molecule has 0 aliphatic carbocycles. The molecule has 3 saturated heterocycles. The van der Waals surface area contributed by atoms with Crippen molar-refractivity contribution in [1.82, 2.24) is 4.90 Å². The van der Waals surface area contributed by atoms with Gasteiger partial charge in [0.2, 0.25) is 5.91 Å². The fourth-order valence-electron chi connectivity index (χ4n) is 6.93. The van der Waals surface area contributed by atoms with E-state index >= 15 is 0 Å². The summed E-state index contributed by atoms with van der Waals surface area (Å²) in [5.74, 6) is -2.67. The van der Waals surface area contributed by atoms with Crippen LogP contribution in [0.1, 0.15) is 57.6 Å². The molecular weight excluding hydrogens is 472 g/mol. The minimum absolute atomic E-state index is 0.198. The van der Waals surface area contributed by atoms with Crippen LogP contribution in [-0.4, -0.2) is 70.8 Å². The van der Waals surface area contributed by atoms with Crippen molar-refractivity contribution in [2.24, 2.45) is 11.8 Å². The number of anilines is 1. The molecule has 1 aromatic carbocycles. The van der Waals surface area contributed by atoms with Crippen molar-refractivity contribution in [1.29, 1.82) is 0 Å². The van der Waals surface area contributed by atoms with Gasteiger partial charge in [-0.2, -0.15) is 0 Å². The lowest BCUT2D eigenvalue weighted by Gasteiger charge is -2.39. The number of rotatable bonds is 10. The van der Waals surface area contributed by atoms with Crippen molar-refractivity contribution in [3.8, 4) is 0 Å². The Morgan fingerprint density at radius 1 is 1.30 bits per heavy atom. The zero-order valence-electron chi connectivity index (χ0n) is 22.7. The van der Waals surface area contributed by atoms with E-state index in [9.17, 15) is 19.5 Å². The molecule has 6 atom stereocenters. The van der Waals surface area contributed by atoms with Crippen LogP contribution in [-0.2, 0) is 23.9 Å². The monoisotopic (exact) mass is 512 g/mol. The molecule has 1 N–H and O–H groups in total. The lowest BCUT2D eigenvalue weighted by Crippen LogP contribution is -2.59. The van der Waals surface area contributed by atoms with Crippen molar-refractivity contribution in [2.75, 3.05) is 24.7 Å². The number of hydrogen-bond acceptors (Lipinski definition) is 6. The molecule has 2 unspecified atom stereocenters. The summed E-state index contributed by atoms with van der Waals surface area (Å²) in [6.45, 7) is 13.5. The number of likely N-dealkylation sites (tertiary alicyclic amines) is 1. The SMILES string of the molecule is C=CCN(C(=O)C1N([C@@H](CC)CO)C(=O)[C@@H]2[C@H](C(=O)OCC)[C@]3(CC)CCC12O3)c1cc(C)ccc1C. The molecule has 0 saturated carbocycles. The Morgan fingerprint density at radius 3 is 2.62 bits per heavy atom. The van der Waals surface area contributed by atoms with E-state index in [-0.39, 0.29) is 31.6 Å². The van der Waals surface area contributed by atoms with Crippen LogP contribution in [0, 0.1) is 25.7 Å². The Morgan fingerprint density at radius 2 is 2.03 bits per heavy atom. The molecule has 1 aromatic rings. The van der Waals surface area contributed by atoms with Gasteiger partial charge in [0.1, 0.15) is 17.6 Å². The number of ether oxygens (including phenoxy) is 2. The molecule has 8 heteroatoms. The second-order valence-electron chi connectivity index (χ2n) is 10.6. The molecule has 0 radical (unpaired) electrons. The highest BCUT2D eigenvalue weighted by molar-refractivity contribution is 6.05. The molecule has 3 fully saturated rings. The van der Waals surface area contributed by atoms with E-state index in [2.05, 4.69) is 6.58 Å². The second kappa shape index (κ2) is 10.2. The summed E-state index contributed by atoms with van der Waals surface area (Å²) in [5, 5.41) is 10.3. The van der Waals surface area contributed by atoms with Gasteiger partial charge in [-0.15, -0.1) is 6.58 Å². The molecule has 2 amide bonds. The first kappa shape index (κ1) is 27.3. The highest BCUT2D eigenvalue weighted by Crippen LogP contribution is 2.65. The Kier molecular flexibility index (Phi) is 7.55. The highest BCUT2D eigenvalue weighted by atomic mass is 16.6. The average molecular weight is 513 g/mol. The van der Waals surface area contributed by atoms with Crippen LogP contribution in [0.5, 0.6) is 0 Å². The van der Waals surface area contributed by atoms with Crippen molar-refractivity contribution in [2.45, 2.75) is 83.6 Å². The van der Waals surface area contributed by atoms with E-state index in [0.29, 0.717) is 25.7 Å². The molecule has 1 spiro atoms. The minimum Gasteiger partial charge on any atom is -0.466 e. The van der Waals surface area contributed by atoms with E-state index < -0.39 is 41.1 Å². The van der Waals surface area contributed by atoms with Crippen LogP contribution in [0.2, 0.25) is 0 Å². The number of aliphatic hydroxyl groups is 1.